The first-order valence-electron chi connectivity index (χ1n) is 7.89. The van der Waals surface area contributed by atoms with Crippen LogP contribution in [0.2, 0.25) is 0 Å². The smallest absolute Gasteiger partial charge is 0.273 e. The first-order chi connectivity index (χ1) is 12.5. The van der Waals surface area contributed by atoms with Crippen LogP contribution in [0.15, 0.2) is 59.1 Å². The van der Waals surface area contributed by atoms with E-state index in [0.717, 1.165) is 5.56 Å². The number of rotatable bonds is 6. The number of carbonyl (C=O) groups excluding carboxylic acids is 1. The molecule has 0 spiro atoms. The van der Waals surface area contributed by atoms with Gasteiger partial charge in [-0.1, -0.05) is 53.7 Å². The van der Waals surface area contributed by atoms with Gasteiger partial charge in [-0.2, -0.15) is 4.98 Å². The maximum absolute atomic E-state index is 12.4. The van der Waals surface area contributed by atoms with Gasteiger partial charge in [0, 0.05) is 24.2 Å². The van der Waals surface area contributed by atoms with E-state index in [-0.39, 0.29) is 24.6 Å². The van der Waals surface area contributed by atoms with Crippen LogP contribution in [-0.2, 0) is 17.8 Å². The van der Waals surface area contributed by atoms with Crippen molar-refractivity contribution in [2.75, 3.05) is 7.05 Å². The van der Waals surface area contributed by atoms with Gasteiger partial charge in [0.15, 0.2) is 0 Å². The van der Waals surface area contributed by atoms with E-state index in [4.69, 9.17) is 4.52 Å². The van der Waals surface area contributed by atoms with Crippen molar-refractivity contribution in [3.8, 4) is 11.4 Å². The molecule has 1 amide bonds. The van der Waals surface area contributed by atoms with Gasteiger partial charge in [0.25, 0.3) is 5.69 Å². The van der Waals surface area contributed by atoms with E-state index >= 15 is 0 Å². The quantitative estimate of drug-likeness (QED) is 0.499. The minimum Gasteiger partial charge on any atom is -0.337 e. The highest BCUT2D eigenvalue weighted by molar-refractivity contribution is 5.79. The van der Waals surface area contributed by atoms with Crippen molar-refractivity contribution in [2.45, 2.75) is 13.0 Å². The van der Waals surface area contributed by atoms with Crippen molar-refractivity contribution in [3.05, 3.63) is 76.2 Å². The normalized spacial score (nSPS) is 10.5. The minimum absolute atomic E-state index is 0.0709. The van der Waals surface area contributed by atoms with Gasteiger partial charge in [-0.05, 0) is 0 Å². The van der Waals surface area contributed by atoms with Crippen molar-refractivity contribution in [1.29, 1.82) is 0 Å². The molecule has 1 heterocycles. The van der Waals surface area contributed by atoms with Crippen LogP contribution in [0.4, 0.5) is 5.69 Å². The predicted molar refractivity (Wildman–Crippen MR) is 93.0 cm³/mol. The van der Waals surface area contributed by atoms with E-state index in [1.807, 2.05) is 30.3 Å². The number of nitro benzene ring substituents is 1. The van der Waals surface area contributed by atoms with E-state index < -0.39 is 4.92 Å². The Labute approximate surface area is 149 Å². The first-order valence-corrected chi connectivity index (χ1v) is 7.89. The molecular weight excluding hydrogens is 336 g/mol. The van der Waals surface area contributed by atoms with Crippen LogP contribution in [0.3, 0.4) is 0 Å². The van der Waals surface area contributed by atoms with Crippen LogP contribution >= 0.6 is 0 Å². The lowest BCUT2D eigenvalue weighted by Gasteiger charge is -2.14. The summed E-state index contributed by atoms with van der Waals surface area (Å²) >= 11 is 0. The minimum atomic E-state index is -0.493. The maximum atomic E-state index is 12.4. The third kappa shape index (κ3) is 3.92. The second-order valence-electron chi connectivity index (χ2n) is 5.69. The molecule has 0 bridgehead atoms. The lowest BCUT2D eigenvalue weighted by Crippen LogP contribution is -2.28. The molecule has 0 saturated heterocycles. The number of hydrogen-bond donors (Lipinski definition) is 0. The van der Waals surface area contributed by atoms with Crippen LogP contribution in [-0.4, -0.2) is 32.9 Å². The van der Waals surface area contributed by atoms with Crippen LogP contribution in [0.5, 0.6) is 0 Å². The summed E-state index contributed by atoms with van der Waals surface area (Å²) in [6, 6.07) is 15.5. The average molecular weight is 352 g/mol. The number of likely N-dealkylation sites (N-methyl/N-ethyl adjacent to an activating group) is 1. The number of aromatic nitrogens is 2. The zero-order valence-corrected chi connectivity index (χ0v) is 14.0. The van der Waals surface area contributed by atoms with Gasteiger partial charge in [-0.3, -0.25) is 14.9 Å². The van der Waals surface area contributed by atoms with Crippen LogP contribution < -0.4 is 0 Å². The van der Waals surface area contributed by atoms with Crippen LogP contribution in [0.1, 0.15) is 11.5 Å². The third-order valence-electron chi connectivity index (χ3n) is 3.83. The summed E-state index contributed by atoms with van der Waals surface area (Å²) in [7, 11) is 1.59. The van der Waals surface area contributed by atoms with Gasteiger partial charge in [0.05, 0.1) is 17.9 Å². The zero-order chi connectivity index (χ0) is 18.5. The Balaban J connectivity index is 1.67. The summed E-state index contributed by atoms with van der Waals surface area (Å²) in [5, 5.41) is 15.0. The number of hydrogen-bond acceptors (Lipinski definition) is 6. The van der Waals surface area contributed by atoms with Gasteiger partial charge >= 0.3 is 0 Å². The molecule has 0 aliphatic rings. The molecule has 8 nitrogen and oxygen atoms in total. The Morgan fingerprint density at radius 1 is 1.15 bits per heavy atom. The molecule has 132 valence electrons. The number of nitrogens with zero attached hydrogens (tertiary/aromatic N) is 4. The van der Waals surface area contributed by atoms with Crippen molar-refractivity contribution < 1.29 is 14.2 Å². The lowest BCUT2D eigenvalue weighted by molar-refractivity contribution is -0.385. The molecule has 8 heteroatoms. The van der Waals surface area contributed by atoms with Crippen LogP contribution in [0.25, 0.3) is 11.4 Å². The summed E-state index contributed by atoms with van der Waals surface area (Å²) in [6.07, 6.45) is -0.0761. The fraction of sp³-hybridized carbons (Fsp3) is 0.167. The van der Waals surface area contributed by atoms with Crippen molar-refractivity contribution in [3.63, 3.8) is 0 Å². The molecule has 3 rings (SSSR count). The molecule has 0 aliphatic heterocycles. The molecule has 1 aromatic heterocycles. The standard InChI is InChI=1S/C18H16N4O4/c1-21(17(23)11-14-9-5-6-10-15(14)22(24)25)12-16-19-18(20-26-16)13-7-3-2-4-8-13/h2-10H,11-12H2,1H3. The molecule has 0 N–H and O–H groups in total. The van der Waals surface area contributed by atoms with Crippen molar-refractivity contribution in [1.82, 2.24) is 15.0 Å². The van der Waals surface area contributed by atoms with E-state index in [2.05, 4.69) is 10.1 Å². The number of amides is 1. The van der Waals surface area contributed by atoms with Gasteiger partial charge in [0.1, 0.15) is 0 Å². The summed E-state index contributed by atoms with van der Waals surface area (Å²) in [4.78, 5) is 28.6. The predicted octanol–water partition coefficient (Wildman–Crippen LogP) is 2.85. The Morgan fingerprint density at radius 3 is 2.58 bits per heavy atom. The lowest BCUT2D eigenvalue weighted by atomic mass is 10.1. The number of para-hydroxylation sites is 1. The van der Waals surface area contributed by atoms with E-state index in [9.17, 15) is 14.9 Å². The zero-order valence-electron chi connectivity index (χ0n) is 14.0. The highest BCUT2D eigenvalue weighted by Crippen LogP contribution is 2.19. The Kier molecular flexibility index (Phi) is 5.02. The highest BCUT2D eigenvalue weighted by Gasteiger charge is 2.19. The van der Waals surface area contributed by atoms with E-state index in [0.29, 0.717) is 17.3 Å². The molecular formula is C18H16N4O4. The number of nitro groups is 1. The van der Waals surface area contributed by atoms with E-state index in [1.165, 1.54) is 11.0 Å². The average Bonchev–Trinajstić information content (AvgIpc) is 3.11. The van der Waals surface area contributed by atoms with Crippen molar-refractivity contribution in [2.24, 2.45) is 0 Å². The molecule has 0 unspecified atom stereocenters. The van der Waals surface area contributed by atoms with Crippen molar-refractivity contribution >= 4 is 11.6 Å². The molecule has 0 radical (unpaired) electrons. The molecule has 26 heavy (non-hydrogen) atoms. The number of benzene rings is 2. The molecule has 0 fully saturated rings. The SMILES string of the molecule is CN(Cc1nc(-c2ccccc2)no1)C(=O)Cc1ccccc1[N+](=O)[O-]. The Bertz CT molecular complexity index is 924. The topological polar surface area (TPSA) is 102 Å². The number of carbonyl (C=O) groups is 1. The second-order valence-corrected chi connectivity index (χ2v) is 5.69. The summed E-state index contributed by atoms with van der Waals surface area (Å²) in [6.45, 7) is 0.124. The van der Waals surface area contributed by atoms with E-state index in [1.54, 1.807) is 25.2 Å². The monoisotopic (exact) mass is 352 g/mol. The highest BCUT2D eigenvalue weighted by atomic mass is 16.6. The molecule has 3 aromatic rings. The van der Waals surface area contributed by atoms with Gasteiger partial charge < -0.3 is 9.42 Å². The van der Waals surface area contributed by atoms with Gasteiger partial charge in [0.2, 0.25) is 17.6 Å². The fourth-order valence-electron chi connectivity index (χ4n) is 2.45. The third-order valence-corrected chi connectivity index (χ3v) is 3.83. The fourth-order valence-corrected chi connectivity index (χ4v) is 2.45. The van der Waals surface area contributed by atoms with Gasteiger partial charge in [-0.25, -0.2) is 0 Å². The first kappa shape index (κ1) is 17.3. The molecule has 0 aliphatic carbocycles. The molecule has 2 aromatic carbocycles. The molecule has 0 saturated carbocycles. The summed E-state index contributed by atoms with van der Waals surface area (Å²) < 4.78 is 5.19. The Hall–Kier alpha value is -3.55. The van der Waals surface area contributed by atoms with Crippen LogP contribution in [0, 0.1) is 10.1 Å². The summed E-state index contributed by atoms with van der Waals surface area (Å²) in [5.41, 5.74) is 1.11. The largest absolute Gasteiger partial charge is 0.337 e. The second kappa shape index (κ2) is 7.56. The summed E-state index contributed by atoms with van der Waals surface area (Å²) in [5.74, 6) is 0.459. The molecule has 0 atom stereocenters. The Morgan fingerprint density at radius 2 is 1.85 bits per heavy atom. The van der Waals surface area contributed by atoms with Gasteiger partial charge in [-0.15, -0.1) is 0 Å². The maximum Gasteiger partial charge on any atom is 0.273 e.